The van der Waals surface area contributed by atoms with Gasteiger partial charge >= 0.3 is 0 Å². The van der Waals surface area contributed by atoms with Crippen molar-refractivity contribution in [1.82, 2.24) is 14.7 Å². The van der Waals surface area contributed by atoms with Crippen molar-refractivity contribution < 1.29 is 0 Å². The lowest BCUT2D eigenvalue weighted by molar-refractivity contribution is 0.322. The van der Waals surface area contributed by atoms with Gasteiger partial charge in [-0.2, -0.15) is 5.10 Å². The number of benzene rings is 1. The largest absolute Gasteiger partial charge is 0.399 e. The summed E-state index contributed by atoms with van der Waals surface area (Å²) in [5.41, 5.74) is 9.20. The minimum atomic E-state index is 0.848. The van der Waals surface area contributed by atoms with E-state index in [2.05, 4.69) is 35.4 Å². The highest BCUT2D eigenvalue weighted by molar-refractivity contribution is 5.40. The summed E-state index contributed by atoms with van der Waals surface area (Å²) in [5.74, 6) is 0. The van der Waals surface area contributed by atoms with Crippen LogP contribution in [0.5, 0.6) is 0 Å². The van der Waals surface area contributed by atoms with Crippen LogP contribution in [0.15, 0.2) is 36.7 Å². The van der Waals surface area contributed by atoms with Gasteiger partial charge in [-0.05, 0) is 44.1 Å². The third-order valence-electron chi connectivity index (χ3n) is 3.17. The predicted octanol–water partition coefficient (Wildman–Crippen LogP) is 2.07. The molecule has 0 amide bonds. The number of aryl methyl sites for hydroxylation is 2. The smallest absolute Gasteiger partial charge is 0.0534 e. The third kappa shape index (κ3) is 4.41. The van der Waals surface area contributed by atoms with Crippen LogP contribution in [0.1, 0.15) is 17.5 Å². The number of nitrogens with zero attached hydrogens (tertiary/aromatic N) is 3. The molecule has 0 saturated carbocycles. The quantitative estimate of drug-likeness (QED) is 0.807. The fourth-order valence-electron chi connectivity index (χ4n) is 2.25. The van der Waals surface area contributed by atoms with Crippen LogP contribution in [0.25, 0.3) is 0 Å². The van der Waals surface area contributed by atoms with E-state index in [0.29, 0.717) is 0 Å². The highest BCUT2D eigenvalue weighted by Gasteiger charge is 2.02. The number of hydrogen-bond acceptors (Lipinski definition) is 3. The lowest BCUT2D eigenvalue weighted by Gasteiger charge is -2.15. The molecule has 4 heteroatoms. The van der Waals surface area contributed by atoms with Gasteiger partial charge in [0, 0.05) is 31.0 Å². The highest BCUT2D eigenvalue weighted by atomic mass is 15.2. The summed E-state index contributed by atoms with van der Waals surface area (Å²) < 4.78 is 1.84. The molecule has 19 heavy (non-hydrogen) atoms. The average molecular weight is 258 g/mol. The van der Waals surface area contributed by atoms with Crippen molar-refractivity contribution >= 4 is 5.69 Å². The second-order valence-corrected chi connectivity index (χ2v) is 5.11. The molecule has 4 nitrogen and oxygen atoms in total. The SMILES string of the molecule is CN(CCCc1cccc(N)c1)Cc1cnn(C)c1. The summed E-state index contributed by atoms with van der Waals surface area (Å²) in [6, 6.07) is 8.14. The maximum absolute atomic E-state index is 5.77. The van der Waals surface area contributed by atoms with Gasteiger partial charge in [0.2, 0.25) is 0 Å². The molecule has 1 aromatic heterocycles. The molecule has 0 aliphatic carbocycles. The Balaban J connectivity index is 1.73. The van der Waals surface area contributed by atoms with Crippen molar-refractivity contribution in [2.75, 3.05) is 19.3 Å². The summed E-state index contributed by atoms with van der Waals surface area (Å²) in [7, 11) is 4.09. The molecule has 0 aliphatic heterocycles. The van der Waals surface area contributed by atoms with E-state index in [4.69, 9.17) is 5.73 Å². The summed E-state index contributed by atoms with van der Waals surface area (Å²) in [5, 5.41) is 4.18. The zero-order valence-electron chi connectivity index (χ0n) is 11.7. The summed E-state index contributed by atoms with van der Waals surface area (Å²) in [6.45, 7) is 2.02. The first kappa shape index (κ1) is 13.6. The zero-order valence-corrected chi connectivity index (χ0v) is 11.7. The number of nitrogens with two attached hydrogens (primary N) is 1. The summed E-state index contributed by atoms with van der Waals surface area (Å²) in [4.78, 5) is 2.32. The highest BCUT2D eigenvalue weighted by Crippen LogP contribution is 2.09. The van der Waals surface area contributed by atoms with E-state index in [0.717, 1.165) is 31.6 Å². The van der Waals surface area contributed by atoms with Crippen LogP contribution in [0.3, 0.4) is 0 Å². The van der Waals surface area contributed by atoms with Crippen molar-refractivity contribution in [2.45, 2.75) is 19.4 Å². The van der Waals surface area contributed by atoms with E-state index < -0.39 is 0 Å². The van der Waals surface area contributed by atoms with Crippen LogP contribution in [-0.2, 0) is 20.0 Å². The molecule has 0 bridgehead atoms. The van der Waals surface area contributed by atoms with Gasteiger partial charge in [0.05, 0.1) is 6.20 Å². The second-order valence-electron chi connectivity index (χ2n) is 5.11. The van der Waals surface area contributed by atoms with Gasteiger partial charge in [-0.3, -0.25) is 4.68 Å². The maximum Gasteiger partial charge on any atom is 0.0534 e. The topological polar surface area (TPSA) is 47.1 Å². The molecule has 0 fully saturated rings. The molecule has 0 aliphatic rings. The molecule has 0 saturated heterocycles. The average Bonchev–Trinajstić information content (AvgIpc) is 2.75. The molecular weight excluding hydrogens is 236 g/mol. The molecule has 1 aromatic carbocycles. The Hall–Kier alpha value is -1.81. The van der Waals surface area contributed by atoms with Crippen LogP contribution in [0.2, 0.25) is 0 Å². The Morgan fingerprint density at radius 1 is 1.32 bits per heavy atom. The first-order chi connectivity index (χ1) is 9.13. The molecule has 0 unspecified atom stereocenters. The van der Waals surface area contributed by atoms with E-state index in [1.165, 1.54) is 11.1 Å². The zero-order chi connectivity index (χ0) is 13.7. The lowest BCUT2D eigenvalue weighted by atomic mass is 10.1. The number of anilines is 1. The molecule has 2 aromatic rings. The summed E-state index contributed by atoms with van der Waals surface area (Å²) in [6.07, 6.45) is 6.20. The Bertz CT molecular complexity index is 518. The van der Waals surface area contributed by atoms with E-state index in [9.17, 15) is 0 Å². The molecule has 0 spiro atoms. The normalized spacial score (nSPS) is 11.1. The number of aromatic nitrogens is 2. The number of rotatable bonds is 6. The van der Waals surface area contributed by atoms with Crippen molar-refractivity contribution in [3.63, 3.8) is 0 Å². The van der Waals surface area contributed by atoms with Crippen LogP contribution in [0, 0.1) is 0 Å². The minimum Gasteiger partial charge on any atom is -0.399 e. The molecular formula is C15H22N4. The van der Waals surface area contributed by atoms with Crippen molar-refractivity contribution in [1.29, 1.82) is 0 Å². The van der Waals surface area contributed by atoms with Gasteiger partial charge in [-0.15, -0.1) is 0 Å². The fourth-order valence-corrected chi connectivity index (χ4v) is 2.25. The van der Waals surface area contributed by atoms with Crippen LogP contribution < -0.4 is 5.73 Å². The van der Waals surface area contributed by atoms with Gasteiger partial charge < -0.3 is 10.6 Å². The van der Waals surface area contributed by atoms with Gasteiger partial charge in [0.25, 0.3) is 0 Å². The molecule has 1 heterocycles. The van der Waals surface area contributed by atoms with Gasteiger partial charge in [0.1, 0.15) is 0 Å². The molecule has 0 atom stereocenters. The fraction of sp³-hybridized carbons (Fsp3) is 0.400. The second kappa shape index (κ2) is 6.38. The van der Waals surface area contributed by atoms with Crippen LogP contribution >= 0.6 is 0 Å². The monoisotopic (exact) mass is 258 g/mol. The molecule has 2 N–H and O–H groups in total. The van der Waals surface area contributed by atoms with Crippen molar-refractivity contribution in [3.8, 4) is 0 Å². The van der Waals surface area contributed by atoms with E-state index in [1.54, 1.807) is 0 Å². The molecule has 2 rings (SSSR count). The predicted molar refractivity (Wildman–Crippen MR) is 78.7 cm³/mol. The minimum absolute atomic E-state index is 0.848. The Kier molecular flexibility index (Phi) is 4.58. The van der Waals surface area contributed by atoms with Gasteiger partial charge in [0.15, 0.2) is 0 Å². The van der Waals surface area contributed by atoms with Gasteiger partial charge in [-0.1, -0.05) is 12.1 Å². The van der Waals surface area contributed by atoms with Crippen LogP contribution in [-0.4, -0.2) is 28.3 Å². The first-order valence-corrected chi connectivity index (χ1v) is 6.64. The number of hydrogen-bond donors (Lipinski definition) is 1. The Labute approximate surface area is 114 Å². The first-order valence-electron chi connectivity index (χ1n) is 6.64. The lowest BCUT2D eigenvalue weighted by Crippen LogP contribution is -2.19. The Morgan fingerprint density at radius 3 is 2.84 bits per heavy atom. The molecule has 0 radical (unpaired) electrons. The maximum atomic E-state index is 5.77. The van der Waals surface area contributed by atoms with Gasteiger partial charge in [-0.25, -0.2) is 0 Å². The van der Waals surface area contributed by atoms with Crippen molar-refractivity contribution in [2.24, 2.45) is 7.05 Å². The van der Waals surface area contributed by atoms with Crippen molar-refractivity contribution in [3.05, 3.63) is 47.8 Å². The van der Waals surface area contributed by atoms with E-state index in [-0.39, 0.29) is 0 Å². The summed E-state index contributed by atoms with van der Waals surface area (Å²) >= 11 is 0. The standard InChI is InChI=1S/C15H22N4/c1-18(11-14-10-17-19(2)12-14)8-4-6-13-5-3-7-15(16)9-13/h3,5,7,9-10,12H,4,6,8,11,16H2,1-2H3. The van der Waals surface area contributed by atoms with Crippen LogP contribution in [0.4, 0.5) is 5.69 Å². The molecule has 102 valence electrons. The van der Waals surface area contributed by atoms with E-state index >= 15 is 0 Å². The number of nitrogen functional groups attached to an aromatic ring is 1. The van der Waals surface area contributed by atoms with E-state index in [1.807, 2.05) is 30.1 Å². The third-order valence-corrected chi connectivity index (χ3v) is 3.17. The Morgan fingerprint density at radius 2 is 2.16 bits per heavy atom.